The second-order valence-electron chi connectivity index (χ2n) is 4.50. The molecule has 0 amide bonds. The van der Waals surface area contributed by atoms with Crippen molar-refractivity contribution in [2.24, 2.45) is 7.05 Å². The molecule has 0 aliphatic heterocycles. The average molecular weight is 283 g/mol. The summed E-state index contributed by atoms with van der Waals surface area (Å²) in [6.07, 6.45) is 0.552. The molecule has 1 atom stereocenters. The number of aliphatic hydroxyl groups is 1. The Morgan fingerprint density at radius 1 is 1.42 bits per heavy atom. The summed E-state index contributed by atoms with van der Waals surface area (Å²) >= 11 is 5.72. The van der Waals surface area contributed by atoms with Crippen molar-refractivity contribution in [1.29, 1.82) is 0 Å². The number of aliphatic hydroxyl groups excluding tert-OH is 1. The number of benzene rings is 1. The third-order valence-corrected chi connectivity index (χ3v) is 3.41. The van der Waals surface area contributed by atoms with Crippen molar-refractivity contribution in [3.8, 4) is 0 Å². The molecule has 1 aromatic carbocycles. The van der Waals surface area contributed by atoms with E-state index in [1.807, 2.05) is 20.0 Å². The van der Waals surface area contributed by atoms with Crippen LogP contribution in [0.2, 0.25) is 5.02 Å². The lowest BCUT2D eigenvalue weighted by atomic mass is 10.0. The van der Waals surface area contributed by atoms with Crippen LogP contribution in [0.1, 0.15) is 30.0 Å². The maximum atomic E-state index is 13.1. The number of nitrogens with zero attached hydrogens (tertiary/aromatic N) is 2. The van der Waals surface area contributed by atoms with E-state index in [1.54, 1.807) is 10.7 Å². The molecule has 2 aromatic rings. The van der Waals surface area contributed by atoms with E-state index in [-0.39, 0.29) is 5.02 Å². The van der Waals surface area contributed by atoms with Crippen molar-refractivity contribution >= 4 is 11.6 Å². The molecule has 1 aromatic heterocycles. The van der Waals surface area contributed by atoms with Gasteiger partial charge in [-0.2, -0.15) is 5.10 Å². The molecular formula is C14H16ClFN2O. The zero-order valence-electron chi connectivity index (χ0n) is 10.9. The SMILES string of the molecule is CCc1cc(CC(O)c2ccc(F)c(Cl)c2)n(C)n1. The first-order valence-corrected chi connectivity index (χ1v) is 6.54. The van der Waals surface area contributed by atoms with Crippen LogP contribution in [-0.4, -0.2) is 14.9 Å². The maximum Gasteiger partial charge on any atom is 0.141 e. The Labute approximate surface area is 116 Å². The summed E-state index contributed by atoms with van der Waals surface area (Å²) in [5, 5.41) is 14.5. The summed E-state index contributed by atoms with van der Waals surface area (Å²) in [5.41, 5.74) is 2.53. The van der Waals surface area contributed by atoms with Crippen LogP contribution in [0.25, 0.3) is 0 Å². The van der Waals surface area contributed by atoms with Gasteiger partial charge in [0.15, 0.2) is 0 Å². The molecule has 102 valence electrons. The van der Waals surface area contributed by atoms with E-state index in [0.29, 0.717) is 12.0 Å². The van der Waals surface area contributed by atoms with Gasteiger partial charge in [0.2, 0.25) is 0 Å². The van der Waals surface area contributed by atoms with Crippen LogP contribution in [0.5, 0.6) is 0 Å². The largest absolute Gasteiger partial charge is 0.388 e. The van der Waals surface area contributed by atoms with Crippen LogP contribution in [0.4, 0.5) is 4.39 Å². The highest BCUT2D eigenvalue weighted by atomic mass is 35.5. The molecule has 0 bridgehead atoms. The van der Waals surface area contributed by atoms with Gasteiger partial charge in [-0.05, 0) is 30.2 Å². The van der Waals surface area contributed by atoms with Gasteiger partial charge >= 0.3 is 0 Å². The van der Waals surface area contributed by atoms with Crippen LogP contribution < -0.4 is 0 Å². The summed E-state index contributed by atoms with van der Waals surface area (Å²) < 4.78 is 14.8. The zero-order chi connectivity index (χ0) is 14.0. The van der Waals surface area contributed by atoms with E-state index in [1.165, 1.54) is 12.1 Å². The van der Waals surface area contributed by atoms with Gasteiger partial charge in [0.05, 0.1) is 16.8 Å². The van der Waals surface area contributed by atoms with Crippen molar-refractivity contribution in [2.75, 3.05) is 0 Å². The number of aryl methyl sites for hydroxylation is 2. The monoisotopic (exact) mass is 282 g/mol. The number of aromatic nitrogens is 2. The van der Waals surface area contributed by atoms with Gasteiger partial charge in [0.1, 0.15) is 5.82 Å². The highest BCUT2D eigenvalue weighted by Crippen LogP contribution is 2.23. The fourth-order valence-electron chi connectivity index (χ4n) is 1.97. The summed E-state index contributed by atoms with van der Waals surface area (Å²) in [4.78, 5) is 0. The molecule has 0 spiro atoms. The van der Waals surface area contributed by atoms with Gasteiger partial charge in [-0.3, -0.25) is 4.68 Å². The smallest absolute Gasteiger partial charge is 0.141 e. The highest BCUT2D eigenvalue weighted by Gasteiger charge is 2.14. The van der Waals surface area contributed by atoms with Crippen molar-refractivity contribution in [3.05, 3.63) is 52.1 Å². The van der Waals surface area contributed by atoms with E-state index in [2.05, 4.69) is 5.10 Å². The fraction of sp³-hybridized carbons (Fsp3) is 0.357. The Hall–Kier alpha value is -1.39. The minimum absolute atomic E-state index is 0.0239. The molecule has 2 rings (SSSR count). The van der Waals surface area contributed by atoms with Crippen LogP contribution in [0.3, 0.4) is 0 Å². The molecule has 1 heterocycles. The zero-order valence-corrected chi connectivity index (χ0v) is 11.7. The second-order valence-corrected chi connectivity index (χ2v) is 4.90. The minimum Gasteiger partial charge on any atom is -0.388 e. The van der Waals surface area contributed by atoms with Gasteiger partial charge in [0, 0.05) is 19.2 Å². The standard InChI is InChI=1S/C14H16ClFN2O/c1-3-10-7-11(18(2)17-10)8-14(19)9-4-5-13(16)12(15)6-9/h4-7,14,19H,3,8H2,1-2H3. The lowest BCUT2D eigenvalue weighted by Crippen LogP contribution is -2.06. The molecule has 3 nitrogen and oxygen atoms in total. The lowest BCUT2D eigenvalue weighted by molar-refractivity contribution is 0.175. The molecule has 0 fully saturated rings. The molecule has 1 unspecified atom stereocenters. The quantitative estimate of drug-likeness (QED) is 0.936. The van der Waals surface area contributed by atoms with Crippen LogP contribution in [0.15, 0.2) is 24.3 Å². The number of hydrogen-bond donors (Lipinski definition) is 1. The predicted molar refractivity (Wildman–Crippen MR) is 72.7 cm³/mol. The molecule has 1 N–H and O–H groups in total. The van der Waals surface area contributed by atoms with E-state index in [0.717, 1.165) is 17.8 Å². The van der Waals surface area contributed by atoms with E-state index in [4.69, 9.17) is 11.6 Å². The summed E-state index contributed by atoms with van der Waals surface area (Å²) in [7, 11) is 1.85. The second kappa shape index (κ2) is 5.72. The molecule has 0 aliphatic rings. The number of rotatable bonds is 4. The van der Waals surface area contributed by atoms with Gasteiger partial charge in [0.25, 0.3) is 0 Å². The van der Waals surface area contributed by atoms with Crippen LogP contribution in [-0.2, 0) is 19.9 Å². The van der Waals surface area contributed by atoms with E-state index >= 15 is 0 Å². The number of hydrogen-bond acceptors (Lipinski definition) is 2. The van der Waals surface area contributed by atoms with Crippen molar-refractivity contribution in [2.45, 2.75) is 25.9 Å². The third kappa shape index (κ3) is 3.14. The first kappa shape index (κ1) is 14.0. The summed E-state index contributed by atoms with van der Waals surface area (Å²) in [6.45, 7) is 2.03. The molecule has 0 radical (unpaired) electrons. The first-order chi connectivity index (χ1) is 9.01. The van der Waals surface area contributed by atoms with Gasteiger partial charge in [-0.25, -0.2) is 4.39 Å². The summed E-state index contributed by atoms with van der Waals surface area (Å²) in [5.74, 6) is -0.480. The topological polar surface area (TPSA) is 38.0 Å². The molecule has 0 aliphatic carbocycles. The Balaban J connectivity index is 2.17. The van der Waals surface area contributed by atoms with Gasteiger partial charge in [-0.1, -0.05) is 24.6 Å². The Morgan fingerprint density at radius 2 is 2.16 bits per heavy atom. The minimum atomic E-state index is -0.724. The fourth-order valence-corrected chi connectivity index (χ4v) is 2.16. The lowest BCUT2D eigenvalue weighted by Gasteiger charge is -2.11. The Bertz CT molecular complexity index is 583. The third-order valence-electron chi connectivity index (χ3n) is 3.12. The maximum absolute atomic E-state index is 13.1. The molecule has 5 heteroatoms. The average Bonchev–Trinajstić information content (AvgIpc) is 2.73. The molecule has 19 heavy (non-hydrogen) atoms. The predicted octanol–water partition coefficient (Wildman–Crippen LogP) is 3.05. The van der Waals surface area contributed by atoms with Crippen molar-refractivity contribution in [3.63, 3.8) is 0 Å². The Kier molecular flexibility index (Phi) is 4.22. The normalized spacial score (nSPS) is 12.7. The number of halogens is 2. The van der Waals surface area contributed by atoms with Crippen LogP contribution >= 0.6 is 11.6 Å². The molecule has 0 saturated heterocycles. The van der Waals surface area contributed by atoms with Gasteiger partial charge < -0.3 is 5.11 Å². The van der Waals surface area contributed by atoms with Crippen molar-refractivity contribution in [1.82, 2.24) is 9.78 Å². The molecule has 0 saturated carbocycles. The highest BCUT2D eigenvalue weighted by molar-refractivity contribution is 6.30. The van der Waals surface area contributed by atoms with E-state index in [9.17, 15) is 9.50 Å². The Morgan fingerprint density at radius 3 is 2.74 bits per heavy atom. The molecular weight excluding hydrogens is 267 g/mol. The van der Waals surface area contributed by atoms with Crippen LogP contribution in [0, 0.1) is 5.82 Å². The summed E-state index contributed by atoms with van der Waals surface area (Å²) in [6, 6.07) is 6.23. The first-order valence-electron chi connectivity index (χ1n) is 6.16. The van der Waals surface area contributed by atoms with Gasteiger partial charge in [-0.15, -0.1) is 0 Å². The van der Waals surface area contributed by atoms with Crippen molar-refractivity contribution < 1.29 is 9.50 Å². The van der Waals surface area contributed by atoms with E-state index < -0.39 is 11.9 Å².